The number of nitrogens with zero attached hydrogens (tertiary/aromatic N) is 1. The van der Waals surface area contributed by atoms with E-state index in [1.807, 2.05) is 0 Å². The molecular formula is C12H24N2O. The Labute approximate surface area is 93.2 Å². The molecule has 2 unspecified atom stereocenters. The highest BCUT2D eigenvalue weighted by Gasteiger charge is 2.30. The summed E-state index contributed by atoms with van der Waals surface area (Å²) in [4.78, 5) is 2.65. The number of hydrogen-bond donors (Lipinski definition) is 1. The van der Waals surface area contributed by atoms with Crippen LogP contribution in [0.25, 0.3) is 0 Å². The third-order valence-electron chi connectivity index (χ3n) is 4.15. The molecule has 3 heteroatoms. The smallest absolute Gasteiger partial charge is 0.0469 e. The summed E-state index contributed by atoms with van der Waals surface area (Å²) in [5, 5.41) is 3.39. The van der Waals surface area contributed by atoms with Crippen molar-refractivity contribution < 1.29 is 4.74 Å². The van der Waals surface area contributed by atoms with Gasteiger partial charge in [-0.25, -0.2) is 0 Å². The summed E-state index contributed by atoms with van der Waals surface area (Å²) >= 11 is 0. The van der Waals surface area contributed by atoms with E-state index in [1.165, 1.54) is 32.4 Å². The minimum Gasteiger partial charge on any atom is -0.381 e. The van der Waals surface area contributed by atoms with Gasteiger partial charge in [0.1, 0.15) is 0 Å². The Morgan fingerprint density at radius 2 is 2.00 bits per heavy atom. The average Bonchev–Trinajstić information content (AvgIpc) is 2.78. The molecule has 0 aromatic carbocycles. The van der Waals surface area contributed by atoms with Gasteiger partial charge in [0.2, 0.25) is 0 Å². The maximum atomic E-state index is 5.42. The van der Waals surface area contributed by atoms with Crippen molar-refractivity contribution in [2.45, 2.75) is 38.3 Å². The van der Waals surface area contributed by atoms with Gasteiger partial charge in [-0.05, 0) is 39.2 Å². The van der Waals surface area contributed by atoms with Crippen LogP contribution in [0.4, 0.5) is 0 Å². The van der Waals surface area contributed by atoms with E-state index in [0.29, 0.717) is 6.04 Å². The van der Waals surface area contributed by atoms with Crippen molar-refractivity contribution in [2.24, 2.45) is 5.92 Å². The van der Waals surface area contributed by atoms with Crippen LogP contribution in [0, 0.1) is 5.92 Å². The second kappa shape index (κ2) is 5.28. The molecule has 0 aromatic rings. The lowest BCUT2D eigenvalue weighted by atomic mass is 9.92. The summed E-state index contributed by atoms with van der Waals surface area (Å²) in [5.74, 6) is 0.856. The van der Waals surface area contributed by atoms with Gasteiger partial charge < -0.3 is 10.1 Å². The fourth-order valence-electron chi connectivity index (χ4n) is 2.89. The van der Waals surface area contributed by atoms with Crippen LogP contribution in [0.3, 0.4) is 0 Å². The zero-order chi connectivity index (χ0) is 10.7. The van der Waals surface area contributed by atoms with Gasteiger partial charge in [-0.15, -0.1) is 0 Å². The molecule has 88 valence electrons. The van der Waals surface area contributed by atoms with Crippen molar-refractivity contribution in [3.8, 4) is 0 Å². The second-order valence-electron chi connectivity index (χ2n) is 4.96. The lowest BCUT2D eigenvalue weighted by molar-refractivity contribution is 0.0352. The van der Waals surface area contributed by atoms with Gasteiger partial charge in [0, 0.05) is 38.4 Å². The van der Waals surface area contributed by atoms with E-state index in [-0.39, 0.29) is 0 Å². The molecule has 0 bridgehead atoms. The molecule has 2 aliphatic heterocycles. The molecule has 15 heavy (non-hydrogen) atoms. The third-order valence-corrected chi connectivity index (χ3v) is 4.15. The van der Waals surface area contributed by atoms with Gasteiger partial charge in [-0.2, -0.15) is 0 Å². The van der Waals surface area contributed by atoms with E-state index in [0.717, 1.165) is 25.2 Å². The maximum Gasteiger partial charge on any atom is 0.0469 e. The molecule has 0 saturated carbocycles. The SMILES string of the molecule is CNC1CCN(C(C)C2CCOCC2)C1. The standard InChI is InChI=1S/C12H24N2O/c1-10(11-4-7-15-8-5-11)14-6-3-12(9-14)13-2/h10-13H,3-9H2,1-2H3. The topological polar surface area (TPSA) is 24.5 Å². The molecule has 2 aliphatic rings. The molecule has 0 amide bonds. The van der Waals surface area contributed by atoms with Gasteiger partial charge in [-0.3, -0.25) is 4.90 Å². The maximum absolute atomic E-state index is 5.42. The molecule has 0 aromatic heterocycles. The number of rotatable bonds is 3. The first-order valence-corrected chi connectivity index (χ1v) is 6.30. The monoisotopic (exact) mass is 212 g/mol. The number of likely N-dealkylation sites (tertiary alicyclic amines) is 1. The van der Waals surface area contributed by atoms with E-state index < -0.39 is 0 Å². The summed E-state index contributed by atoms with van der Waals surface area (Å²) in [6.07, 6.45) is 3.81. The number of likely N-dealkylation sites (N-methyl/N-ethyl adjacent to an activating group) is 1. The minimum absolute atomic E-state index is 0.715. The van der Waals surface area contributed by atoms with Crippen LogP contribution in [0.15, 0.2) is 0 Å². The van der Waals surface area contributed by atoms with Crippen LogP contribution in [0.5, 0.6) is 0 Å². The summed E-state index contributed by atoms with van der Waals surface area (Å²) in [6.45, 7) is 6.84. The van der Waals surface area contributed by atoms with Gasteiger partial charge in [0.05, 0.1) is 0 Å². The van der Waals surface area contributed by atoms with Gasteiger partial charge in [0.15, 0.2) is 0 Å². The molecule has 3 nitrogen and oxygen atoms in total. The molecule has 2 heterocycles. The molecule has 2 fully saturated rings. The third kappa shape index (κ3) is 2.71. The lowest BCUT2D eigenvalue weighted by Gasteiger charge is -2.34. The van der Waals surface area contributed by atoms with Crippen LogP contribution in [0.1, 0.15) is 26.2 Å². The molecule has 0 radical (unpaired) electrons. The summed E-state index contributed by atoms with van der Waals surface area (Å²) in [5.41, 5.74) is 0. The van der Waals surface area contributed by atoms with Crippen LogP contribution in [-0.4, -0.2) is 50.3 Å². The number of hydrogen-bond acceptors (Lipinski definition) is 3. The van der Waals surface area contributed by atoms with Crippen molar-refractivity contribution in [3.63, 3.8) is 0 Å². The lowest BCUT2D eigenvalue weighted by Crippen LogP contribution is -2.41. The first kappa shape index (κ1) is 11.4. The highest BCUT2D eigenvalue weighted by atomic mass is 16.5. The zero-order valence-corrected chi connectivity index (χ0v) is 10.0. The van der Waals surface area contributed by atoms with Crippen LogP contribution in [0.2, 0.25) is 0 Å². The van der Waals surface area contributed by atoms with Gasteiger partial charge in [-0.1, -0.05) is 0 Å². The number of ether oxygens (including phenoxy) is 1. The average molecular weight is 212 g/mol. The Morgan fingerprint density at radius 3 is 2.60 bits per heavy atom. The van der Waals surface area contributed by atoms with E-state index in [2.05, 4.69) is 24.2 Å². The van der Waals surface area contributed by atoms with Crippen molar-refractivity contribution in [1.29, 1.82) is 0 Å². The summed E-state index contributed by atoms with van der Waals surface area (Å²) in [6, 6.07) is 1.46. The highest BCUT2D eigenvalue weighted by Crippen LogP contribution is 2.25. The molecule has 2 atom stereocenters. The van der Waals surface area contributed by atoms with Crippen LogP contribution in [-0.2, 0) is 4.74 Å². The van der Waals surface area contributed by atoms with E-state index in [9.17, 15) is 0 Å². The first-order valence-electron chi connectivity index (χ1n) is 6.30. The molecule has 1 N–H and O–H groups in total. The largest absolute Gasteiger partial charge is 0.381 e. The molecule has 2 rings (SSSR count). The Morgan fingerprint density at radius 1 is 1.27 bits per heavy atom. The fraction of sp³-hybridized carbons (Fsp3) is 1.00. The molecule has 0 aliphatic carbocycles. The van der Waals surface area contributed by atoms with Crippen molar-refractivity contribution >= 4 is 0 Å². The summed E-state index contributed by atoms with van der Waals surface area (Å²) in [7, 11) is 2.08. The zero-order valence-electron chi connectivity index (χ0n) is 10.0. The predicted molar refractivity (Wildman–Crippen MR) is 62.0 cm³/mol. The quantitative estimate of drug-likeness (QED) is 0.758. The first-order chi connectivity index (χ1) is 7.31. The van der Waals surface area contributed by atoms with E-state index in [1.54, 1.807) is 0 Å². The normalized spacial score (nSPS) is 32.0. The van der Waals surface area contributed by atoms with Gasteiger partial charge >= 0.3 is 0 Å². The Bertz CT molecular complexity index is 192. The van der Waals surface area contributed by atoms with Crippen molar-refractivity contribution in [1.82, 2.24) is 10.2 Å². The second-order valence-corrected chi connectivity index (χ2v) is 4.96. The number of nitrogens with one attached hydrogen (secondary N) is 1. The van der Waals surface area contributed by atoms with Crippen molar-refractivity contribution in [2.75, 3.05) is 33.4 Å². The fourth-order valence-corrected chi connectivity index (χ4v) is 2.89. The van der Waals surface area contributed by atoms with E-state index in [4.69, 9.17) is 4.74 Å². The molecule has 2 saturated heterocycles. The van der Waals surface area contributed by atoms with Crippen molar-refractivity contribution in [3.05, 3.63) is 0 Å². The Hall–Kier alpha value is -0.120. The van der Waals surface area contributed by atoms with Crippen LogP contribution < -0.4 is 5.32 Å². The molecular weight excluding hydrogens is 188 g/mol. The summed E-state index contributed by atoms with van der Waals surface area (Å²) < 4.78 is 5.42. The Balaban J connectivity index is 1.82. The highest BCUT2D eigenvalue weighted by molar-refractivity contribution is 4.86. The predicted octanol–water partition coefficient (Wildman–Crippen LogP) is 1.10. The Kier molecular flexibility index (Phi) is 4.00. The van der Waals surface area contributed by atoms with Crippen LogP contribution >= 0.6 is 0 Å². The van der Waals surface area contributed by atoms with Gasteiger partial charge in [0.25, 0.3) is 0 Å². The minimum atomic E-state index is 0.715. The van der Waals surface area contributed by atoms with E-state index >= 15 is 0 Å². The molecule has 0 spiro atoms.